The Balaban J connectivity index is 2.06. The predicted molar refractivity (Wildman–Crippen MR) is 27.3 cm³/mol. The van der Waals surface area contributed by atoms with Gasteiger partial charge >= 0.3 is 0 Å². The van der Waals surface area contributed by atoms with E-state index in [1.54, 1.807) is 6.34 Å². The number of quaternary nitrogens is 1. The van der Waals surface area contributed by atoms with Crippen LogP contribution in [0.3, 0.4) is 0 Å². The van der Waals surface area contributed by atoms with Crippen molar-refractivity contribution in [2.24, 2.45) is 15.5 Å². The largest absolute Gasteiger partial charge is 0.238 e. The van der Waals surface area contributed by atoms with Crippen molar-refractivity contribution in [3.05, 3.63) is 0 Å². The Morgan fingerprint density at radius 3 is 2.88 bits per heavy atom. The standard InChI is InChI=1S/C4H6N4/c1-2-4(1)8-3-5-6-7-8/h3-4H,1-2H2/p+1. The maximum Gasteiger partial charge on any atom is 0.238 e. The molecule has 1 atom stereocenters. The van der Waals surface area contributed by atoms with Crippen molar-refractivity contribution in [1.82, 2.24) is 0 Å². The van der Waals surface area contributed by atoms with Crippen molar-refractivity contribution in [1.29, 1.82) is 0 Å². The fourth-order valence-corrected chi connectivity index (χ4v) is 0.754. The molecule has 0 radical (unpaired) electrons. The summed E-state index contributed by atoms with van der Waals surface area (Å²) in [4.78, 5) is 0. The Kier molecular flexibility index (Phi) is 0.700. The number of rotatable bonds is 1. The number of hydrogen-bond acceptors (Lipinski definition) is 3. The summed E-state index contributed by atoms with van der Waals surface area (Å²) in [5.41, 5.74) is 0. The van der Waals surface area contributed by atoms with Gasteiger partial charge < -0.3 is 0 Å². The molecule has 1 aliphatic carbocycles. The van der Waals surface area contributed by atoms with Crippen LogP contribution in [0.5, 0.6) is 0 Å². The van der Waals surface area contributed by atoms with Crippen LogP contribution in [0.1, 0.15) is 12.8 Å². The van der Waals surface area contributed by atoms with E-state index in [0.29, 0.717) is 6.04 Å². The normalized spacial score (nSPS) is 34.2. The summed E-state index contributed by atoms with van der Waals surface area (Å²) in [5, 5.41) is 12.0. The summed E-state index contributed by atoms with van der Waals surface area (Å²) in [6.45, 7) is 0. The molecule has 0 spiro atoms. The first-order valence-electron chi connectivity index (χ1n) is 2.78. The molecule has 4 nitrogen and oxygen atoms in total. The zero-order chi connectivity index (χ0) is 5.40. The van der Waals surface area contributed by atoms with Gasteiger partial charge in [-0.3, -0.25) is 0 Å². The van der Waals surface area contributed by atoms with E-state index in [9.17, 15) is 0 Å². The molecule has 0 aromatic heterocycles. The maximum absolute atomic E-state index is 3.82. The molecule has 1 unspecified atom stereocenters. The number of hydrogen-bond donors (Lipinski definition) is 1. The zero-order valence-electron chi connectivity index (χ0n) is 4.41. The molecule has 1 heterocycles. The van der Waals surface area contributed by atoms with E-state index in [2.05, 4.69) is 15.5 Å². The third kappa shape index (κ3) is 0.535. The highest BCUT2D eigenvalue weighted by Gasteiger charge is 2.34. The third-order valence-corrected chi connectivity index (χ3v) is 1.40. The average molecular weight is 111 g/mol. The molecule has 0 saturated heterocycles. The highest BCUT2D eigenvalue weighted by Crippen LogP contribution is 2.15. The van der Waals surface area contributed by atoms with Crippen LogP contribution in [0.4, 0.5) is 0 Å². The van der Waals surface area contributed by atoms with Crippen LogP contribution in [-0.2, 0) is 0 Å². The summed E-state index contributed by atoms with van der Waals surface area (Å²) in [7, 11) is 0. The first-order chi connectivity index (χ1) is 3.97. The lowest BCUT2D eigenvalue weighted by molar-refractivity contribution is -0.819. The SMILES string of the molecule is C1=NN=N[NH+]1C1CC1. The fourth-order valence-electron chi connectivity index (χ4n) is 0.754. The van der Waals surface area contributed by atoms with Crippen LogP contribution in [0.15, 0.2) is 15.5 Å². The van der Waals surface area contributed by atoms with Crippen molar-refractivity contribution in [3.63, 3.8) is 0 Å². The average Bonchev–Trinajstić information content (AvgIpc) is 2.49. The summed E-state index contributed by atoms with van der Waals surface area (Å²) in [6, 6.07) is 0.699. The topological polar surface area (TPSA) is 41.5 Å². The predicted octanol–water partition coefficient (Wildman–Crippen LogP) is -0.642. The van der Waals surface area contributed by atoms with Gasteiger partial charge in [-0.15, -0.1) is 5.01 Å². The number of nitrogens with one attached hydrogen (secondary N) is 1. The quantitative estimate of drug-likeness (QED) is 0.467. The van der Waals surface area contributed by atoms with E-state index in [0.717, 1.165) is 5.01 Å². The lowest BCUT2D eigenvalue weighted by Crippen LogP contribution is -3.06. The molecule has 2 aliphatic rings. The van der Waals surface area contributed by atoms with Crippen LogP contribution < -0.4 is 5.01 Å². The van der Waals surface area contributed by atoms with Gasteiger partial charge in [0.05, 0.1) is 5.22 Å². The van der Waals surface area contributed by atoms with Crippen LogP contribution >= 0.6 is 0 Å². The molecule has 0 aromatic rings. The monoisotopic (exact) mass is 111 g/mol. The highest BCUT2D eigenvalue weighted by atomic mass is 15.7. The van der Waals surface area contributed by atoms with Crippen LogP contribution in [0, 0.1) is 0 Å². The minimum atomic E-state index is 0.699. The Hall–Kier alpha value is -0.770. The molecule has 4 heteroatoms. The molecular formula is C4H7N4+. The van der Waals surface area contributed by atoms with Crippen molar-refractivity contribution < 1.29 is 5.01 Å². The fraction of sp³-hybridized carbons (Fsp3) is 0.750. The first kappa shape index (κ1) is 4.14. The molecule has 0 aromatic carbocycles. The van der Waals surface area contributed by atoms with E-state index < -0.39 is 0 Å². The van der Waals surface area contributed by atoms with Crippen LogP contribution in [0.25, 0.3) is 0 Å². The van der Waals surface area contributed by atoms with Crippen LogP contribution in [0.2, 0.25) is 0 Å². The van der Waals surface area contributed by atoms with Gasteiger partial charge in [0.2, 0.25) is 6.34 Å². The Morgan fingerprint density at radius 1 is 1.50 bits per heavy atom. The van der Waals surface area contributed by atoms with Crippen molar-refractivity contribution in [2.45, 2.75) is 18.9 Å². The number of nitrogens with zero attached hydrogens (tertiary/aromatic N) is 3. The molecule has 1 saturated carbocycles. The minimum Gasteiger partial charge on any atom is -0.142 e. The van der Waals surface area contributed by atoms with Gasteiger partial charge in [-0.1, -0.05) is 5.10 Å². The first-order valence-corrected chi connectivity index (χ1v) is 2.78. The second-order valence-electron chi connectivity index (χ2n) is 2.13. The van der Waals surface area contributed by atoms with E-state index in [1.165, 1.54) is 12.8 Å². The molecule has 1 aliphatic heterocycles. The van der Waals surface area contributed by atoms with Crippen LogP contribution in [-0.4, -0.2) is 12.4 Å². The second kappa shape index (κ2) is 1.35. The van der Waals surface area contributed by atoms with Crippen molar-refractivity contribution in [3.8, 4) is 0 Å². The van der Waals surface area contributed by atoms with Gasteiger partial charge in [0.15, 0.2) is 0 Å². The molecule has 2 rings (SSSR count). The molecule has 1 N–H and O–H groups in total. The summed E-state index contributed by atoms with van der Waals surface area (Å²) in [5.74, 6) is 0. The van der Waals surface area contributed by atoms with E-state index in [-0.39, 0.29) is 0 Å². The molecule has 1 fully saturated rings. The summed E-state index contributed by atoms with van der Waals surface area (Å²) < 4.78 is 0. The van der Waals surface area contributed by atoms with Gasteiger partial charge in [-0.05, 0) is 0 Å². The zero-order valence-corrected chi connectivity index (χ0v) is 4.41. The van der Waals surface area contributed by atoms with E-state index in [4.69, 9.17) is 0 Å². The molecular weight excluding hydrogens is 104 g/mol. The maximum atomic E-state index is 3.82. The van der Waals surface area contributed by atoms with E-state index >= 15 is 0 Å². The second-order valence-corrected chi connectivity index (χ2v) is 2.13. The molecule has 0 amide bonds. The van der Waals surface area contributed by atoms with E-state index in [1.807, 2.05) is 0 Å². The smallest absolute Gasteiger partial charge is 0.142 e. The van der Waals surface area contributed by atoms with Gasteiger partial charge in [-0.25, -0.2) is 0 Å². The highest BCUT2D eigenvalue weighted by molar-refractivity contribution is 5.43. The lowest BCUT2D eigenvalue weighted by atomic mass is 10.7. The van der Waals surface area contributed by atoms with Crippen molar-refractivity contribution in [2.75, 3.05) is 0 Å². The Labute approximate surface area is 46.9 Å². The van der Waals surface area contributed by atoms with Gasteiger partial charge in [0, 0.05) is 18.1 Å². The molecule has 42 valence electrons. The third-order valence-electron chi connectivity index (χ3n) is 1.40. The van der Waals surface area contributed by atoms with Gasteiger partial charge in [0.1, 0.15) is 6.04 Å². The summed E-state index contributed by atoms with van der Waals surface area (Å²) >= 11 is 0. The lowest BCUT2D eigenvalue weighted by Gasteiger charge is -1.93. The van der Waals surface area contributed by atoms with Crippen molar-refractivity contribution >= 4 is 6.34 Å². The molecule has 8 heavy (non-hydrogen) atoms. The van der Waals surface area contributed by atoms with Gasteiger partial charge in [0.25, 0.3) is 0 Å². The minimum absolute atomic E-state index is 0.699. The Morgan fingerprint density at radius 2 is 2.38 bits per heavy atom. The summed E-state index contributed by atoms with van der Waals surface area (Å²) in [6.07, 6.45) is 4.30. The Bertz CT molecular complexity index is 134. The van der Waals surface area contributed by atoms with Gasteiger partial charge in [-0.2, -0.15) is 0 Å². The molecule has 0 bridgehead atoms.